The number of anilines is 6. The Balaban J connectivity index is 2.22. The van der Waals surface area contributed by atoms with Gasteiger partial charge in [-0.3, -0.25) is 0 Å². The summed E-state index contributed by atoms with van der Waals surface area (Å²) in [7, 11) is 0. The fourth-order valence-electron chi connectivity index (χ4n) is 6.43. The Kier molecular flexibility index (Phi) is 14.3. The summed E-state index contributed by atoms with van der Waals surface area (Å²) < 4.78 is 0. The summed E-state index contributed by atoms with van der Waals surface area (Å²) in [6, 6.07) is 27.7. The predicted octanol–water partition coefficient (Wildman–Crippen LogP) is 11.5. The van der Waals surface area contributed by atoms with Crippen molar-refractivity contribution < 1.29 is 0 Å². The molecule has 0 radical (unpaired) electrons. The summed E-state index contributed by atoms with van der Waals surface area (Å²) in [6.45, 7) is 34.1. The Bertz CT molecular complexity index is 1120. The molecule has 0 aliphatic heterocycles. The first-order chi connectivity index (χ1) is 21.7. The lowest BCUT2D eigenvalue weighted by Gasteiger charge is -2.33. The number of nitrogens with zero attached hydrogens (tertiary/aromatic N) is 4. The highest BCUT2D eigenvalue weighted by Crippen LogP contribution is 2.39. The average Bonchev–Trinajstić information content (AvgIpc) is 2.95. The normalized spacial score (nSPS) is 11.9. The highest BCUT2D eigenvalue weighted by Gasteiger charge is 2.20. The first-order valence-corrected chi connectivity index (χ1v) is 18.1. The van der Waals surface area contributed by atoms with E-state index in [-0.39, 0.29) is 0 Å². The Hall–Kier alpha value is -3.14. The van der Waals surface area contributed by atoms with Crippen molar-refractivity contribution in [2.24, 2.45) is 35.5 Å². The zero-order chi connectivity index (χ0) is 34.0. The van der Waals surface area contributed by atoms with Crippen LogP contribution in [0.25, 0.3) is 0 Å². The van der Waals surface area contributed by atoms with Crippen molar-refractivity contribution in [3.63, 3.8) is 0 Å². The second-order valence-electron chi connectivity index (χ2n) is 16.0. The van der Waals surface area contributed by atoms with Crippen molar-refractivity contribution in [2.45, 2.75) is 83.1 Å². The molecule has 0 aromatic heterocycles. The molecule has 3 aromatic rings. The quantitative estimate of drug-likeness (QED) is 0.139. The van der Waals surface area contributed by atoms with Crippen molar-refractivity contribution >= 4 is 34.1 Å². The van der Waals surface area contributed by atoms with E-state index >= 15 is 0 Å². The minimum atomic E-state index is 0.590. The van der Waals surface area contributed by atoms with E-state index in [4.69, 9.17) is 0 Å². The van der Waals surface area contributed by atoms with E-state index in [2.05, 4.69) is 175 Å². The molecule has 3 aromatic carbocycles. The van der Waals surface area contributed by atoms with Crippen LogP contribution < -0.4 is 19.6 Å². The zero-order valence-corrected chi connectivity index (χ0v) is 31.4. The average molecular weight is 627 g/mol. The van der Waals surface area contributed by atoms with E-state index in [9.17, 15) is 0 Å². The predicted molar refractivity (Wildman–Crippen MR) is 207 cm³/mol. The number of benzene rings is 3. The molecule has 0 aliphatic rings. The van der Waals surface area contributed by atoms with Crippen LogP contribution in [0.1, 0.15) is 83.1 Å². The fraction of sp³-hybridized carbons (Fsp3) is 0.571. The molecule has 4 heteroatoms. The minimum Gasteiger partial charge on any atom is -0.371 e. The van der Waals surface area contributed by atoms with Crippen LogP contribution >= 0.6 is 0 Å². The summed E-state index contributed by atoms with van der Waals surface area (Å²) in [4.78, 5) is 10.2. The monoisotopic (exact) mass is 627 g/mol. The van der Waals surface area contributed by atoms with Gasteiger partial charge in [0.25, 0.3) is 0 Å². The van der Waals surface area contributed by atoms with Gasteiger partial charge in [-0.25, -0.2) is 0 Å². The molecule has 0 atom stereocenters. The van der Waals surface area contributed by atoms with Crippen LogP contribution in [0.15, 0.2) is 72.8 Å². The molecule has 0 saturated carbocycles. The van der Waals surface area contributed by atoms with Gasteiger partial charge in [0.1, 0.15) is 0 Å². The molecule has 0 spiro atoms. The van der Waals surface area contributed by atoms with Gasteiger partial charge in [-0.1, -0.05) is 101 Å². The molecule has 0 saturated heterocycles. The molecule has 0 aliphatic carbocycles. The molecular weight excluding hydrogens is 560 g/mol. The largest absolute Gasteiger partial charge is 0.371 e. The minimum absolute atomic E-state index is 0.590. The van der Waals surface area contributed by atoms with Crippen LogP contribution in [0.5, 0.6) is 0 Å². The van der Waals surface area contributed by atoms with Crippen LogP contribution in [0.4, 0.5) is 34.1 Å². The van der Waals surface area contributed by atoms with Gasteiger partial charge in [0.05, 0.1) is 0 Å². The molecule has 0 N–H and O–H groups in total. The summed E-state index contributed by atoms with van der Waals surface area (Å²) in [5.41, 5.74) is 7.47. The summed E-state index contributed by atoms with van der Waals surface area (Å²) in [5, 5.41) is 0. The van der Waals surface area contributed by atoms with E-state index in [1.807, 2.05) is 0 Å². The van der Waals surface area contributed by atoms with Crippen molar-refractivity contribution in [1.82, 2.24) is 0 Å². The zero-order valence-electron chi connectivity index (χ0n) is 31.4. The Morgan fingerprint density at radius 2 is 0.522 bits per heavy atom. The standard InChI is InChI=1S/C42H66N4/c1-31(2)25-43(26-32(3)4)37-16-13-19-40(22-37)46(41-20-14-17-38(23-41)44(27-33(5)6)28-34(7)8)42-21-15-18-39(24-42)45(29-35(9)10)30-36(11)12/h13-24,31-36H,25-30H2,1-12H3. The van der Waals surface area contributed by atoms with E-state index in [1.165, 1.54) is 34.1 Å². The van der Waals surface area contributed by atoms with E-state index in [0.29, 0.717) is 35.5 Å². The van der Waals surface area contributed by atoms with Crippen LogP contribution in [-0.2, 0) is 0 Å². The second-order valence-corrected chi connectivity index (χ2v) is 16.0. The topological polar surface area (TPSA) is 13.0 Å². The third-order valence-corrected chi connectivity index (χ3v) is 7.87. The lowest BCUT2D eigenvalue weighted by atomic mass is 10.1. The highest BCUT2D eigenvalue weighted by molar-refractivity contribution is 5.81. The molecule has 46 heavy (non-hydrogen) atoms. The van der Waals surface area contributed by atoms with Crippen molar-refractivity contribution in [3.8, 4) is 0 Å². The smallest absolute Gasteiger partial charge is 0.0482 e. The highest BCUT2D eigenvalue weighted by atomic mass is 15.2. The molecule has 3 rings (SSSR count). The van der Waals surface area contributed by atoms with Gasteiger partial charge in [0.15, 0.2) is 0 Å². The van der Waals surface area contributed by atoms with Crippen LogP contribution in [0, 0.1) is 35.5 Å². The van der Waals surface area contributed by atoms with Gasteiger partial charge in [-0.2, -0.15) is 0 Å². The third kappa shape index (κ3) is 11.6. The second kappa shape index (κ2) is 17.7. The maximum atomic E-state index is 2.57. The van der Waals surface area contributed by atoms with Crippen molar-refractivity contribution in [3.05, 3.63) is 72.8 Å². The summed E-state index contributed by atoms with van der Waals surface area (Å²) in [6.07, 6.45) is 0. The van der Waals surface area contributed by atoms with E-state index in [1.54, 1.807) is 0 Å². The lowest BCUT2D eigenvalue weighted by molar-refractivity contribution is 0.552. The molecule has 0 heterocycles. The number of hydrogen-bond acceptors (Lipinski definition) is 4. The lowest BCUT2D eigenvalue weighted by Crippen LogP contribution is -2.32. The Morgan fingerprint density at radius 3 is 0.717 bits per heavy atom. The van der Waals surface area contributed by atoms with Crippen molar-refractivity contribution in [2.75, 3.05) is 58.9 Å². The molecule has 0 bridgehead atoms. The molecule has 0 unspecified atom stereocenters. The maximum absolute atomic E-state index is 2.57. The number of rotatable bonds is 18. The van der Waals surface area contributed by atoms with Gasteiger partial charge in [0.2, 0.25) is 0 Å². The van der Waals surface area contributed by atoms with Crippen LogP contribution in [0.3, 0.4) is 0 Å². The molecule has 254 valence electrons. The first kappa shape index (κ1) is 37.3. The molecular formula is C42H66N4. The van der Waals surface area contributed by atoms with Gasteiger partial charge in [-0.05, 0) is 90.1 Å². The first-order valence-electron chi connectivity index (χ1n) is 18.1. The fourth-order valence-corrected chi connectivity index (χ4v) is 6.43. The van der Waals surface area contributed by atoms with Crippen molar-refractivity contribution in [1.29, 1.82) is 0 Å². The maximum Gasteiger partial charge on any atom is 0.0482 e. The summed E-state index contributed by atoms with van der Waals surface area (Å²) >= 11 is 0. The van der Waals surface area contributed by atoms with Crippen LogP contribution in [0.2, 0.25) is 0 Å². The Labute approximate surface area is 283 Å². The Morgan fingerprint density at radius 1 is 0.326 bits per heavy atom. The van der Waals surface area contributed by atoms with Gasteiger partial charge in [0, 0.05) is 73.4 Å². The van der Waals surface area contributed by atoms with Gasteiger partial charge >= 0.3 is 0 Å². The van der Waals surface area contributed by atoms with Crippen LogP contribution in [-0.4, -0.2) is 39.3 Å². The molecule has 4 nitrogen and oxygen atoms in total. The SMILES string of the molecule is CC(C)CN(CC(C)C)c1cccc(N(c2cccc(N(CC(C)C)CC(C)C)c2)c2cccc(N(CC(C)C)CC(C)C)c2)c1. The molecule has 0 fully saturated rings. The van der Waals surface area contributed by atoms with Gasteiger partial charge in [-0.15, -0.1) is 0 Å². The third-order valence-electron chi connectivity index (χ3n) is 7.87. The molecule has 0 amide bonds. The summed E-state index contributed by atoms with van der Waals surface area (Å²) in [5.74, 6) is 3.54. The number of hydrogen-bond donors (Lipinski definition) is 0. The van der Waals surface area contributed by atoms with Gasteiger partial charge < -0.3 is 19.6 Å². The van der Waals surface area contributed by atoms with E-state index in [0.717, 1.165) is 39.3 Å². The van der Waals surface area contributed by atoms with E-state index < -0.39 is 0 Å².